The van der Waals surface area contributed by atoms with Gasteiger partial charge >= 0.3 is 0 Å². The molecule has 0 N–H and O–H groups in total. The van der Waals surface area contributed by atoms with Gasteiger partial charge in [-0.25, -0.2) is 0 Å². The molecule has 0 bridgehead atoms. The molecule has 0 heterocycles. The molecule has 5 aromatic rings. The van der Waals surface area contributed by atoms with Gasteiger partial charge in [-0.3, -0.25) is 0 Å². The van der Waals surface area contributed by atoms with Crippen molar-refractivity contribution in [3.63, 3.8) is 0 Å². The smallest absolute Gasteiger partial charge is 0 e. The van der Waals surface area contributed by atoms with Gasteiger partial charge in [0, 0.05) is 25.8 Å². The fourth-order valence-electron chi connectivity index (χ4n) is 4.41. The number of fused-ring (bicyclic) bond motifs is 1. The van der Waals surface area contributed by atoms with Crippen molar-refractivity contribution in [2.75, 3.05) is 0 Å². The van der Waals surface area contributed by atoms with Gasteiger partial charge in [-0.15, -0.1) is 40.3 Å². The van der Waals surface area contributed by atoms with Crippen molar-refractivity contribution < 1.29 is 25.8 Å². The Labute approximate surface area is 250 Å². The van der Waals surface area contributed by atoms with Gasteiger partial charge in [0.1, 0.15) is 0 Å². The Hall–Kier alpha value is -2.60. The number of hydrogen-bond acceptors (Lipinski definition) is 0. The van der Waals surface area contributed by atoms with E-state index in [0.717, 1.165) is 0 Å². The Morgan fingerprint density at radius 2 is 1.21 bits per heavy atom. The summed E-state index contributed by atoms with van der Waals surface area (Å²) in [5.74, 6) is 0. The van der Waals surface area contributed by atoms with Crippen LogP contribution in [0.3, 0.4) is 0 Å². The number of allylic oxidation sites excluding steroid dienone is 3. The molecule has 0 aliphatic rings. The van der Waals surface area contributed by atoms with E-state index in [1.807, 2.05) is 19.1 Å². The van der Waals surface area contributed by atoms with Gasteiger partial charge in [0.2, 0.25) is 0 Å². The zero-order chi connectivity index (χ0) is 26.8. The molecule has 0 nitrogen and oxygen atoms in total. The van der Waals surface area contributed by atoms with Gasteiger partial charge in [0.15, 0.2) is 0 Å². The second-order valence-corrected chi connectivity index (χ2v) is 11.5. The molecule has 0 spiro atoms. The van der Waals surface area contributed by atoms with Crippen molar-refractivity contribution >= 4 is 34.6 Å². The van der Waals surface area contributed by atoms with Crippen LogP contribution in [0.2, 0.25) is 0 Å². The number of hydrogen-bond donors (Lipinski definition) is 0. The summed E-state index contributed by atoms with van der Waals surface area (Å²) in [6.07, 6.45) is 5.58. The minimum absolute atomic E-state index is 0. The standard InChI is InChI=1S/C21H16P.C10H15.C5H8.Hf/c1-3-11-19(12-4-1)22(20-13-5-2-6-14-20)21-15-17-9-7-8-10-18(17)16-21;1-6-7(2)9(4)10(5)8(6)3;1-3-5-4-2;/h1-16H;1-5H3;3-5H,1H2,2H3;/q2*-1;;. The van der Waals surface area contributed by atoms with Crippen LogP contribution in [0.15, 0.2) is 122 Å². The van der Waals surface area contributed by atoms with Crippen molar-refractivity contribution in [1.29, 1.82) is 0 Å². The van der Waals surface area contributed by atoms with Crippen LogP contribution >= 0.6 is 7.92 Å². The van der Waals surface area contributed by atoms with Crippen molar-refractivity contribution in [1.82, 2.24) is 0 Å². The molecule has 0 fully saturated rings. The summed E-state index contributed by atoms with van der Waals surface area (Å²) in [5, 5.41) is 6.89. The maximum absolute atomic E-state index is 3.46. The summed E-state index contributed by atoms with van der Waals surface area (Å²) in [5.41, 5.74) is 7.34. The van der Waals surface area contributed by atoms with E-state index in [2.05, 4.69) is 138 Å². The average Bonchev–Trinajstić information content (AvgIpc) is 3.43. The summed E-state index contributed by atoms with van der Waals surface area (Å²) in [6, 6.07) is 35.0. The van der Waals surface area contributed by atoms with Gasteiger partial charge in [0.25, 0.3) is 0 Å². The monoisotopic (exact) mass is 682 g/mol. The van der Waals surface area contributed by atoms with Crippen LogP contribution in [-0.2, 0) is 25.8 Å². The van der Waals surface area contributed by atoms with E-state index in [1.165, 1.54) is 54.5 Å². The van der Waals surface area contributed by atoms with E-state index >= 15 is 0 Å². The van der Waals surface area contributed by atoms with Gasteiger partial charge in [0.05, 0.1) is 0 Å². The van der Waals surface area contributed by atoms with Crippen LogP contribution in [0.4, 0.5) is 0 Å². The van der Waals surface area contributed by atoms with Gasteiger partial charge in [-0.1, -0.05) is 126 Å². The molecule has 0 atom stereocenters. The van der Waals surface area contributed by atoms with Gasteiger partial charge in [-0.05, 0) is 25.5 Å². The van der Waals surface area contributed by atoms with Gasteiger partial charge < -0.3 is 0 Å². The van der Waals surface area contributed by atoms with E-state index in [9.17, 15) is 0 Å². The van der Waals surface area contributed by atoms with Crippen LogP contribution < -0.4 is 15.9 Å². The summed E-state index contributed by atoms with van der Waals surface area (Å²) in [4.78, 5) is 0. The molecule has 194 valence electrons. The van der Waals surface area contributed by atoms with Crippen molar-refractivity contribution in [3.8, 4) is 0 Å². The Kier molecular flexibility index (Phi) is 13.1. The van der Waals surface area contributed by atoms with E-state index in [0.29, 0.717) is 0 Å². The first-order valence-corrected chi connectivity index (χ1v) is 14.2. The largest absolute Gasteiger partial charge is 0.196 e. The van der Waals surface area contributed by atoms with E-state index in [1.54, 1.807) is 6.08 Å². The topological polar surface area (TPSA) is 0 Å². The summed E-state index contributed by atoms with van der Waals surface area (Å²) in [7, 11) is -0.493. The van der Waals surface area contributed by atoms with Crippen LogP contribution in [0.25, 0.3) is 10.8 Å². The predicted molar refractivity (Wildman–Crippen MR) is 169 cm³/mol. The minimum atomic E-state index is -0.493. The minimum Gasteiger partial charge on any atom is -0.196 e. The predicted octanol–water partition coefficient (Wildman–Crippen LogP) is 9.01. The fraction of sp³-hybridized carbons (Fsp3) is 0.167. The quantitative estimate of drug-likeness (QED) is 0.0770. The first-order valence-electron chi connectivity index (χ1n) is 12.9. The molecule has 0 saturated carbocycles. The van der Waals surface area contributed by atoms with Crippen LogP contribution in [-0.4, -0.2) is 0 Å². The number of benzene rings is 3. The maximum Gasteiger partial charge on any atom is 0 e. The molecular weight excluding hydrogens is 642 g/mol. The molecule has 5 rings (SSSR count). The second kappa shape index (κ2) is 15.7. The molecule has 0 unspecified atom stereocenters. The molecular formula is C36H39HfP-2. The summed E-state index contributed by atoms with van der Waals surface area (Å²) < 4.78 is 0. The Morgan fingerprint density at radius 1 is 0.737 bits per heavy atom. The van der Waals surface area contributed by atoms with E-state index < -0.39 is 7.92 Å². The third-order valence-electron chi connectivity index (χ3n) is 7.03. The molecule has 0 saturated heterocycles. The van der Waals surface area contributed by atoms with E-state index in [-0.39, 0.29) is 25.8 Å². The van der Waals surface area contributed by atoms with Crippen LogP contribution in [0.5, 0.6) is 0 Å². The first-order chi connectivity index (χ1) is 17.9. The average molecular weight is 681 g/mol. The van der Waals surface area contributed by atoms with Crippen LogP contribution in [0, 0.1) is 34.6 Å². The third kappa shape index (κ3) is 7.95. The normalized spacial score (nSPS) is 10.4. The summed E-state index contributed by atoms with van der Waals surface area (Å²) in [6.45, 7) is 16.4. The number of rotatable bonds is 4. The third-order valence-corrected chi connectivity index (χ3v) is 9.43. The molecule has 5 aromatic carbocycles. The Balaban J connectivity index is 0.000000265. The van der Waals surface area contributed by atoms with Gasteiger partial charge in [-0.2, -0.15) is 33.9 Å². The molecule has 0 aliphatic carbocycles. The van der Waals surface area contributed by atoms with Crippen molar-refractivity contribution in [2.24, 2.45) is 0 Å². The molecule has 0 radical (unpaired) electrons. The SMILES string of the molecule is C=CC=CC.Cc1c(C)c(C)[c-](C)c1C.[Hf].c1ccc(P(c2ccccc2)c2cc3ccccc3[cH-]2)cc1. The molecule has 2 heteroatoms. The molecule has 38 heavy (non-hydrogen) atoms. The zero-order valence-electron chi connectivity index (χ0n) is 23.6. The second-order valence-electron chi connectivity index (χ2n) is 9.24. The molecule has 0 aromatic heterocycles. The van der Waals surface area contributed by atoms with Crippen LogP contribution in [0.1, 0.15) is 34.7 Å². The van der Waals surface area contributed by atoms with Crippen molar-refractivity contribution in [2.45, 2.75) is 41.5 Å². The maximum atomic E-state index is 3.46. The molecule has 0 amide bonds. The van der Waals surface area contributed by atoms with Crippen molar-refractivity contribution in [3.05, 3.63) is 150 Å². The zero-order valence-corrected chi connectivity index (χ0v) is 28.1. The van der Waals surface area contributed by atoms with E-state index in [4.69, 9.17) is 0 Å². The summed E-state index contributed by atoms with van der Waals surface area (Å²) >= 11 is 0. The fourth-order valence-corrected chi connectivity index (χ4v) is 6.78. The first kappa shape index (κ1) is 31.6. The Bertz CT molecular complexity index is 1280. The molecule has 0 aliphatic heterocycles. The Morgan fingerprint density at radius 3 is 1.58 bits per heavy atom.